The topological polar surface area (TPSA) is 26.3 Å². The Morgan fingerprint density at radius 1 is 0.958 bits per heavy atom. The number of fused-ring (bicyclic) bond motifs is 3. The Kier molecular flexibility index (Phi) is 6.00. The number of carbonyl (C=O) groups is 1. The van der Waals surface area contributed by atoms with Crippen molar-refractivity contribution in [2.45, 2.75) is 44.8 Å². The molecule has 24 heavy (non-hydrogen) atoms. The van der Waals surface area contributed by atoms with Gasteiger partial charge in [0.15, 0.2) is 0 Å². The number of ether oxygens (including phenoxy) is 1. The van der Waals surface area contributed by atoms with E-state index in [9.17, 15) is 4.79 Å². The predicted molar refractivity (Wildman–Crippen MR) is 103 cm³/mol. The molecule has 1 radical (unpaired) electrons. The first kappa shape index (κ1) is 18.5. The fraction of sp³-hybridized carbons (Fsp3) is 0.381. The van der Waals surface area contributed by atoms with Crippen LogP contribution in [0.3, 0.4) is 0 Å². The van der Waals surface area contributed by atoms with Crippen LogP contribution < -0.4 is 0 Å². The fourth-order valence-electron chi connectivity index (χ4n) is 2.57. The van der Waals surface area contributed by atoms with Crippen molar-refractivity contribution in [3.63, 3.8) is 0 Å². The number of hydrogen-bond acceptors (Lipinski definition) is 2. The van der Waals surface area contributed by atoms with E-state index in [0.717, 1.165) is 0 Å². The highest BCUT2D eigenvalue weighted by Gasteiger charge is 2.28. The molecule has 0 fully saturated rings. The Bertz CT molecular complexity index is 641. The van der Waals surface area contributed by atoms with Crippen molar-refractivity contribution in [1.29, 1.82) is 0 Å². The van der Waals surface area contributed by atoms with Crippen LogP contribution >= 0.6 is 0 Å². The van der Waals surface area contributed by atoms with Gasteiger partial charge in [-0.3, -0.25) is 4.79 Å². The summed E-state index contributed by atoms with van der Waals surface area (Å²) in [7, 11) is -0.0502. The van der Waals surface area contributed by atoms with Crippen molar-refractivity contribution in [1.82, 2.24) is 0 Å². The Labute approximate surface area is 147 Å². The van der Waals surface area contributed by atoms with Crippen LogP contribution in [0.1, 0.15) is 37.8 Å². The van der Waals surface area contributed by atoms with E-state index in [1.165, 1.54) is 22.3 Å². The molecule has 1 aliphatic carbocycles. The van der Waals surface area contributed by atoms with Crippen molar-refractivity contribution in [3.05, 3.63) is 59.7 Å². The zero-order chi connectivity index (χ0) is 17.7. The fourth-order valence-corrected chi connectivity index (χ4v) is 2.57. The lowest BCUT2D eigenvalue weighted by Gasteiger charge is -2.20. The minimum atomic E-state index is -0.0502. The van der Waals surface area contributed by atoms with Crippen molar-refractivity contribution < 1.29 is 9.53 Å². The van der Waals surface area contributed by atoms with Crippen LogP contribution in [0, 0.1) is 0 Å². The molecule has 0 aromatic heterocycles. The molecular formula is C21H27O2Si. The van der Waals surface area contributed by atoms with E-state index in [0.29, 0.717) is 18.1 Å². The van der Waals surface area contributed by atoms with Crippen LogP contribution in [0.2, 0.25) is 18.1 Å². The first-order valence-corrected chi connectivity index (χ1v) is 10.9. The number of benzene rings is 2. The van der Waals surface area contributed by atoms with Crippen LogP contribution in [-0.2, 0) is 9.53 Å². The maximum Gasteiger partial charge on any atom is 0.293 e. The largest absolute Gasteiger partial charge is 0.467 e. The summed E-state index contributed by atoms with van der Waals surface area (Å²) in [5.74, 6) is 0.174. The number of hydrogen-bond donors (Lipinski definition) is 0. The third-order valence-electron chi connectivity index (χ3n) is 4.79. The number of rotatable bonds is 3. The third-order valence-corrected chi connectivity index (χ3v) is 7.79. The monoisotopic (exact) mass is 339 g/mol. The zero-order valence-corrected chi connectivity index (χ0v) is 16.3. The summed E-state index contributed by atoms with van der Waals surface area (Å²) >= 11 is 0. The second-order valence-corrected chi connectivity index (χ2v) is 10.9. The van der Waals surface area contributed by atoms with Gasteiger partial charge in [-0.25, -0.2) is 0 Å². The summed E-state index contributed by atoms with van der Waals surface area (Å²) in [4.78, 5) is 10.4. The lowest BCUT2D eigenvalue weighted by molar-refractivity contribution is -0.128. The van der Waals surface area contributed by atoms with Crippen LogP contribution in [0.4, 0.5) is 0 Å². The summed E-state index contributed by atoms with van der Waals surface area (Å²) in [5.41, 5.74) is 5.00. The van der Waals surface area contributed by atoms with Gasteiger partial charge in [-0.1, -0.05) is 82.4 Å². The van der Waals surface area contributed by atoms with Gasteiger partial charge in [0.1, 0.15) is 6.61 Å². The van der Waals surface area contributed by atoms with E-state index in [1.54, 1.807) is 0 Å². The second-order valence-electron chi connectivity index (χ2n) is 7.41. The highest BCUT2D eigenvalue weighted by atomic mass is 28.3. The van der Waals surface area contributed by atoms with Gasteiger partial charge in [0, 0.05) is 14.7 Å². The van der Waals surface area contributed by atoms with E-state index in [2.05, 4.69) is 58.1 Å². The van der Waals surface area contributed by atoms with Gasteiger partial charge in [-0.15, -0.1) is 0 Å². The van der Waals surface area contributed by atoms with Gasteiger partial charge in [-0.05, 0) is 27.3 Å². The van der Waals surface area contributed by atoms with Gasteiger partial charge < -0.3 is 4.74 Å². The normalized spacial score (nSPS) is 12.9. The van der Waals surface area contributed by atoms with Crippen LogP contribution in [0.15, 0.2) is 48.5 Å². The molecule has 1 aliphatic rings. The first-order chi connectivity index (χ1) is 11.4. The summed E-state index contributed by atoms with van der Waals surface area (Å²) in [6, 6.07) is 16.6. The minimum absolute atomic E-state index is 0.0502. The lowest BCUT2D eigenvalue weighted by atomic mass is 9.98. The standard InChI is InChI=1S/C15H12O2.C6H15Si/c16-10-17-9-15-13-7-3-1-5-11(13)12-6-2-4-8-14(12)15;1-6(2,3)7(4)5/h1-8,10,15H,9H2;1-5H3. The molecule has 2 nitrogen and oxygen atoms in total. The maximum atomic E-state index is 10.4. The van der Waals surface area contributed by atoms with Crippen molar-refractivity contribution in [3.8, 4) is 11.1 Å². The van der Waals surface area contributed by atoms with Crippen LogP contribution in [0.25, 0.3) is 11.1 Å². The van der Waals surface area contributed by atoms with E-state index < -0.39 is 0 Å². The summed E-state index contributed by atoms with van der Waals surface area (Å²) in [6.07, 6.45) is 0. The predicted octanol–water partition coefficient (Wildman–Crippen LogP) is 5.51. The highest BCUT2D eigenvalue weighted by molar-refractivity contribution is 6.59. The molecule has 0 unspecified atom stereocenters. The van der Waals surface area contributed by atoms with Gasteiger partial charge in [0.2, 0.25) is 0 Å². The molecule has 0 bridgehead atoms. The molecule has 2 aromatic rings. The molecule has 0 amide bonds. The van der Waals surface area contributed by atoms with E-state index >= 15 is 0 Å². The van der Waals surface area contributed by atoms with Gasteiger partial charge in [0.05, 0.1) is 0 Å². The molecule has 0 atom stereocenters. The van der Waals surface area contributed by atoms with Crippen molar-refractivity contribution in [2.24, 2.45) is 0 Å². The Morgan fingerprint density at radius 2 is 1.38 bits per heavy atom. The SMILES string of the molecule is C[Si](C)C(C)(C)C.O=COCC1c2ccccc2-c2ccccc21. The quantitative estimate of drug-likeness (QED) is 0.544. The minimum Gasteiger partial charge on any atom is -0.467 e. The Balaban J connectivity index is 0.000000256. The summed E-state index contributed by atoms with van der Waals surface area (Å²) in [5, 5.41) is 0.602. The van der Waals surface area contributed by atoms with Gasteiger partial charge in [0.25, 0.3) is 6.47 Å². The second kappa shape index (κ2) is 7.80. The van der Waals surface area contributed by atoms with Crippen molar-refractivity contribution in [2.75, 3.05) is 6.61 Å². The average molecular weight is 340 g/mol. The maximum absolute atomic E-state index is 10.4. The molecule has 0 heterocycles. The highest BCUT2D eigenvalue weighted by Crippen LogP contribution is 2.44. The molecule has 3 heteroatoms. The molecule has 3 rings (SSSR count). The van der Waals surface area contributed by atoms with E-state index in [1.807, 2.05) is 24.3 Å². The third kappa shape index (κ3) is 4.15. The Hall–Kier alpha value is -1.87. The molecule has 0 saturated carbocycles. The summed E-state index contributed by atoms with van der Waals surface area (Å²) in [6.45, 7) is 12.6. The lowest BCUT2D eigenvalue weighted by Crippen LogP contribution is -2.16. The molecule has 0 saturated heterocycles. The van der Waals surface area contributed by atoms with Crippen LogP contribution in [-0.4, -0.2) is 21.9 Å². The van der Waals surface area contributed by atoms with Gasteiger partial charge in [-0.2, -0.15) is 0 Å². The molecule has 2 aromatic carbocycles. The number of carbonyl (C=O) groups excluding carboxylic acids is 1. The first-order valence-electron chi connectivity index (χ1n) is 8.40. The van der Waals surface area contributed by atoms with E-state index in [4.69, 9.17) is 4.74 Å². The molecule has 0 aliphatic heterocycles. The molecule has 127 valence electrons. The molecule has 0 N–H and O–H groups in total. The molecular weight excluding hydrogens is 312 g/mol. The van der Waals surface area contributed by atoms with E-state index in [-0.39, 0.29) is 14.7 Å². The zero-order valence-electron chi connectivity index (χ0n) is 15.3. The van der Waals surface area contributed by atoms with Gasteiger partial charge >= 0.3 is 0 Å². The smallest absolute Gasteiger partial charge is 0.293 e. The Morgan fingerprint density at radius 3 is 1.75 bits per heavy atom. The van der Waals surface area contributed by atoms with Crippen molar-refractivity contribution >= 4 is 15.3 Å². The van der Waals surface area contributed by atoms with Crippen LogP contribution in [0.5, 0.6) is 0 Å². The molecule has 0 spiro atoms. The average Bonchev–Trinajstić information content (AvgIpc) is 2.87. The summed E-state index contributed by atoms with van der Waals surface area (Å²) < 4.78 is 4.95.